The minimum atomic E-state index is 0.314. The van der Waals surface area contributed by atoms with Gasteiger partial charge >= 0.3 is 0 Å². The van der Waals surface area contributed by atoms with Gasteiger partial charge in [0.15, 0.2) is 0 Å². The summed E-state index contributed by atoms with van der Waals surface area (Å²) in [5.41, 5.74) is 2.74. The molecule has 27 heavy (non-hydrogen) atoms. The molecule has 4 heteroatoms. The Labute approximate surface area is 162 Å². The first-order chi connectivity index (χ1) is 13.3. The number of nitrogens with zero attached hydrogens (tertiary/aromatic N) is 2. The van der Waals surface area contributed by atoms with E-state index in [-0.39, 0.29) is 0 Å². The summed E-state index contributed by atoms with van der Waals surface area (Å²) >= 11 is 0. The monoisotopic (exact) mass is 366 g/mol. The number of piperazine rings is 1. The highest BCUT2D eigenvalue weighted by molar-refractivity contribution is 5.27. The third-order valence-electron chi connectivity index (χ3n) is 6.14. The van der Waals surface area contributed by atoms with Crippen molar-refractivity contribution in [1.29, 1.82) is 0 Å². The minimum Gasteiger partial charge on any atom is -0.497 e. The highest BCUT2D eigenvalue weighted by atomic mass is 16.5. The average Bonchev–Trinajstić information content (AvgIpc) is 2.99. The van der Waals surface area contributed by atoms with Crippen molar-refractivity contribution in [2.75, 3.05) is 27.3 Å². The first kappa shape index (κ1) is 18.5. The Bertz CT molecular complexity index is 719. The number of ether oxygens (including phenoxy) is 2. The van der Waals surface area contributed by atoms with Gasteiger partial charge in [0.05, 0.1) is 13.2 Å². The molecule has 144 valence electrons. The molecule has 2 aromatic carbocycles. The Kier molecular flexibility index (Phi) is 5.77. The number of benzene rings is 2. The molecule has 0 aliphatic carbocycles. The van der Waals surface area contributed by atoms with Gasteiger partial charge in [0, 0.05) is 45.4 Å². The zero-order chi connectivity index (χ0) is 18.6. The van der Waals surface area contributed by atoms with Gasteiger partial charge in [-0.3, -0.25) is 9.80 Å². The molecule has 3 fully saturated rings. The Balaban J connectivity index is 1.49. The van der Waals surface area contributed by atoms with Crippen LogP contribution in [0.3, 0.4) is 0 Å². The molecular formula is C23H30N2O2. The average molecular weight is 367 g/mol. The third-order valence-corrected chi connectivity index (χ3v) is 6.14. The van der Waals surface area contributed by atoms with Crippen molar-refractivity contribution in [2.24, 2.45) is 0 Å². The second-order valence-electron chi connectivity index (χ2n) is 7.77. The van der Waals surface area contributed by atoms with Crippen LogP contribution < -0.4 is 4.74 Å². The zero-order valence-corrected chi connectivity index (χ0v) is 16.4. The van der Waals surface area contributed by atoms with Crippen LogP contribution in [-0.2, 0) is 17.8 Å². The first-order valence-corrected chi connectivity index (χ1v) is 9.94. The Morgan fingerprint density at radius 3 is 2.22 bits per heavy atom. The van der Waals surface area contributed by atoms with Gasteiger partial charge in [-0.05, 0) is 36.1 Å². The van der Waals surface area contributed by atoms with E-state index in [9.17, 15) is 0 Å². The van der Waals surface area contributed by atoms with Gasteiger partial charge in [-0.25, -0.2) is 0 Å². The summed E-state index contributed by atoms with van der Waals surface area (Å²) in [6.07, 6.45) is 2.67. The van der Waals surface area contributed by atoms with Gasteiger partial charge in [-0.1, -0.05) is 42.5 Å². The van der Waals surface area contributed by atoms with Crippen molar-refractivity contribution in [3.8, 4) is 5.75 Å². The van der Waals surface area contributed by atoms with Crippen molar-refractivity contribution in [2.45, 2.75) is 44.1 Å². The van der Waals surface area contributed by atoms with Gasteiger partial charge in [0.1, 0.15) is 5.75 Å². The van der Waals surface area contributed by atoms with Gasteiger partial charge in [-0.2, -0.15) is 0 Å². The molecule has 0 amide bonds. The van der Waals surface area contributed by atoms with Crippen LogP contribution in [0.1, 0.15) is 24.0 Å². The summed E-state index contributed by atoms with van der Waals surface area (Å²) in [6, 6.07) is 20.4. The fraction of sp³-hybridized carbons (Fsp3) is 0.478. The molecule has 0 spiro atoms. The molecule has 3 saturated heterocycles. The van der Waals surface area contributed by atoms with E-state index in [1.807, 2.05) is 7.11 Å². The quantitative estimate of drug-likeness (QED) is 0.780. The van der Waals surface area contributed by atoms with E-state index < -0.39 is 0 Å². The molecule has 4 nitrogen and oxygen atoms in total. The Morgan fingerprint density at radius 1 is 0.815 bits per heavy atom. The second kappa shape index (κ2) is 8.42. The van der Waals surface area contributed by atoms with Gasteiger partial charge < -0.3 is 9.47 Å². The number of methoxy groups -OCH3 is 2. The van der Waals surface area contributed by atoms with E-state index in [0.717, 1.165) is 38.3 Å². The molecule has 0 aromatic heterocycles. The maximum atomic E-state index is 5.92. The predicted octanol–water partition coefficient (Wildman–Crippen LogP) is 3.56. The lowest BCUT2D eigenvalue weighted by Crippen LogP contribution is -2.58. The fourth-order valence-electron chi connectivity index (χ4n) is 4.64. The molecule has 3 atom stereocenters. The van der Waals surface area contributed by atoms with Crippen molar-refractivity contribution >= 4 is 0 Å². The summed E-state index contributed by atoms with van der Waals surface area (Å²) in [6.45, 7) is 4.20. The highest BCUT2D eigenvalue weighted by Gasteiger charge is 2.41. The smallest absolute Gasteiger partial charge is 0.118 e. The summed E-state index contributed by atoms with van der Waals surface area (Å²) < 4.78 is 11.2. The van der Waals surface area contributed by atoms with Crippen LogP contribution in [0.25, 0.3) is 0 Å². The van der Waals surface area contributed by atoms with E-state index in [1.54, 1.807) is 7.11 Å². The topological polar surface area (TPSA) is 24.9 Å². The maximum absolute atomic E-state index is 5.92. The lowest BCUT2D eigenvalue weighted by atomic mass is 10.0. The van der Waals surface area contributed by atoms with Crippen LogP contribution in [-0.4, -0.2) is 55.3 Å². The van der Waals surface area contributed by atoms with Crippen LogP contribution in [0.4, 0.5) is 0 Å². The molecule has 3 aliphatic rings. The van der Waals surface area contributed by atoms with E-state index in [2.05, 4.69) is 64.4 Å². The molecule has 3 aliphatic heterocycles. The fourth-order valence-corrected chi connectivity index (χ4v) is 4.64. The first-order valence-electron chi connectivity index (χ1n) is 9.94. The van der Waals surface area contributed by atoms with Crippen molar-refractivity contribution in [1.82, 2.24) is 9.80 Å². The maximum Gasteiger partial charge on any atom is 0.118 e. The molecule has 2 bridgehead atoms. The van der Waals surface area contributed by atoms with E-state index in [0.29, 0.717) is 18.2 Å². The zero-order valence-electron chi connectivity index (χ0n) is 16.4. The standard InChI is InChI=1S/C23H30N2O2/c1-26-21-11-8-19(9-12-21)15-25-16-20-10-13-23(27-2)22(25)17-24(20)14-18-6-4-3-5-7-18/h3-9,11-12,20,22-23H,10,13-17H2,1-2H3/t20-,22+,23+/m1/s1. The molecule has 0 radical (unpaired) electrons. The second-order valence-corrected chi connectivity index (χ2v) is 7.77. The number of rotatable bonds is 6. The third kappa shape index (κ3) is 4.18. The lowest BCUT2D eigenvalue weighted by molar-refractivity contribution is -0.0276. The lowest BCUT2D eigenvalue weighted by Gasteiger charge is -2.45. The van der Waals surface area contributed by atoms with Crippen LogP contribution in [0.5, 0.6) is 5.75 Å². The number of hydrogen-bond acceptors (Lipinski definition) is 4. The van der Waals surface area contributed by atoms with Crippen LogP contribution in [0.2, 0.25) is 0 Å². The predicted molar refractivity (Wildman–Crippen MR) is 108 cm³/mol. The van der Waals surface area contributed by atoms with E-state index in [1.165, 1.54) is 17.5 Å². The molecule has 3 heterocycles. The molecule has 0 N–H and O–H groups in total. The van der Waals surface area contributed by atoms with E-state index >= 15 is 0 Å². The number of hydrogen-bond donors (Lipinski definition) is 0. The number of fused-ring (bicyclic) bond motifs is 4. The largest absolute Gasteiger partial charge is 0.497 e. The van der Waals surface area contributed by atoms with Crippen molar-refractivity contribution in [3.05, 3.63) is 65.7 Å². The van der Waals surface area contributed by atoms with Crippen LogP contribution in [0.15, 0.2) is 54.6 Å². The molecule has 2 aromatic rings. The summed E-state index contributed by atoms with van der Waals surface area (Å²) in [5.74, 6) is 0.917. The molecular weight excluding hydrogens is 336 g/mol. The highest BCUT2D eigenvalue weighted by Crippen LogP contribution is 2.31. The summed E-state index contributed by atoms with van der Waals surface area (Å²) in [5, 5.41) is 0. The van der Waals surface area contributed by atoms with Gasteiger partial charge in [-0.15, -0.1) is 0 Å². The van der Waals surface area contributed by atoms with Gasteiger partial charge in [0.25, 0.3) is 0 Å². The Hall–Kier alpha value is -1.88. The van der Waals surface area contributed by atoms with E-state index in [4.69, 9.17) is 9.47 Å². The van der Waals surface area contributed by atoms with Crippen molar-refractivity contribution in [3.63, 3.8) is 0 Å². The van der Waals surface area contributed by atoms with Crippen LogP contribution in [0, 0.1) is 0 Å². The summed E-state index contributed by atoms with van der Waals surface area (Å²) in [4.78, 5) is 5.30. The molecule has 0 unspecified atom stereocenters. The normalized spacial score (nSPS) is 26.1. The SMILES string of the molecule is COc1ccc(CN2C[C@H]3CC[C@H](OC)[C@@H]2CN3Cc2ccccc2)cc1. The Morgan fingerprint density at radius 2 is 1.52 bits per heavy atom. The van der Waals surface area contributed by atoms with Gasteiger partial charge in [0.2, 0.25) is 0 Å². The minimum absolute atomic E-state index is 0.314. The van der Waals surface area contributed by atoms with Crippen LogP contribution >= 0.6 is 0 Å². The summed E-state index contributed by atoms with van der Waals surface area (Å²) in [7, 11) is 3.59. The molecule has 0 saturated carbocycles. The van der Waals surface area contributed by atoms with Crippen molar-refractivity contribution < 1.29 is 9.47 Å². The molecule has 5 rings (SSSR count).